The molecule has 3 aromatic carbocycles. The predicted octanol–water partition coefficient (Wildman–Crippen LogP) is 7.59. The van der Waals surface area contributed by atoms with E-state index in [2.05, 4.69) is 14.6 Å². The predicted molar refractivity (Wildman–Crippen MR) is 156 cm³/mol. The van der Waals surface area contributed by atoms with Crippen molar-refractivity contribution in [1.82, 2.24) is 9.78 Å². The Balaban J connectivity index is 1.39. The zero-order chi connectivity index (χ0) is 33.2. The number of benzene rings is 3. The number of rotatable bonds is 6. The molecule has 0 saturated heterocycles. The minimum absolute atomic E-state index is 0.0880. The molecular weight excluding hydrogens is 613 g/mol. The maximum absolute atomic E-state index is 14.4. The van der Waals surface area contributed by atoms with Crippen molar-refractivity contribution in [1.29, 1.82) is 0 Å². The Kier molecular flexibility index (Phi) is 7.32. The molecule has 1 unspecified atom stereocenters. The van der Waals surface area contributed by atoms with E-state index in [4.69, 9.17) is 0 Å². The molecule has 0 radical (unpaired) electrons. The normalized spacial score (nSPS) is 17.0. The molecule has 0 saturated carbocycles. The molecule has 0 bridgehead atoms. The summed E-state index contributed by atoms with van der Waals surface area (Å²) in [5.74, 6) is -2.51. The molecule has 1 atom stereocenters. The number of carboxylic acid groups (broad SMARTS) is 1. The number of halogens is 5. The van der Waals surface area contributed by atoms with Crippen LogP contribution in [0.1, 0.15) is 75.8 Å². The van der Waals surface area contributed by atoms with Crippen molar-refractivity contribution >= 4 is 17.6 Å². The van der Waals surface area contributed by atoms with Crippen molar-refractivity contribution < 1.29 is 46.1 Å². The fourth-order valence-corrected chi connectivity index (χ4v) is 6.29. The number of alkyl halides is 5. The van der Waals surface area contributed by atoms with Crippen LogP contribution in [0, 0.1) is 0 Å². The van der Waals surface area contributed by atoms with E-state index in [1.54, 1.807) is 18.2 Å². The maximum Gasteiger partial charge on any atom is 0.586 e. The van der Waals surface area contributed by atoms with Crippen molar-refractivity contribution in [2.24, 2.45) is 0 Å². The van der Waals surface area contributed by atoms with E-state index >= 15 is 0 Å². The van der Waals surface area contributed by atoms with Gasteiger partial charge >= 0.3 is 18.4 Å². The third-order valence-corrected chi connectivity index (χ3v) is 8.70. The molecule has 1 N–H and O–H groups in total. The van der Waals surface area contributed by atoms with Crippen LogP contribution < -0.4 is 14.4 Å². The third-order valence-electron chi connectivity index (χ3n) is 8.70. The topological polar surface area (TPSA) is 93.9 Å². The number of carboxylic acids is 1. The number of hydrogen-bond donors (Lipinski definition) is 1. The van der Waals surface area contributed by atoms with Gasteiger partial charge in [-0.3, -0.25) is 4.79 Å². The summed E-state index contributed by atoms with van der Waals surface area (Å²) in [6.07, 6.45) is -7.35. The van der Waals surface area contributed by atoms with Gasteiger partial charge in [0, 0.05) is 35.8 Å². The molecule has 2 heterocycles. The number of fused-ring (bicyclic) bond motifs is 2. The van der Waals surface area contributed by atoms with Crippen LogP contribution in [-0.4, -0.2) is 40.1 Å². The smallest absolute Gasteiger partial charge is 0.478 e. The highest BCUT2D eigenvalue weighted by Gasteiger charge is 2.46. The van der Waals surface area contributed by atoms with Gasteiger partial charge in [-0.1, -0.05) is 32.0 Å². The van der Waals surface area contributed by atoms with E-state index in [1.807, 2.05) is 13.8 Å². The van der Waals surface area contributed by atoms with Crippen molar-refractivity contribution in [3.05, 3.63) is 100 Å². The first-order valence-electron chi connectivity index (χ1n) is 14.4. The van der Waals surface area contributed by atoms with Gasteiger partial charge in [0.1, 0.15) is 0 Å². The van der Waals surface area contributed by atoms with E-state index < -0.39 is 41.4 Å². The Labute approximate surface area is 260 Å². The summed E-state index contributed by atoms with van der Waals surface area (Å²) < 4.78 is 80.3. The van der Waals surface area contributed by atoms with Gasteiger partial charge in [-0.15, -0.1) is 8.78 Å². The summed E-state index contributed by atoms with van der Waals surface area (Å²) in [6, 6.07) is 16.2. The summed E-state index contributed by atoms with van der Waals surface area (Å²) in [4.78, 5) is 26.2. The fourth-order valence-electron chi connectivity index (χ4n) is 6.29. The number of ether oxygens (including phenoxy) is 2. The molecule has 240 valence electrons. The molecule has 0 spiro atoms. The lowest BCUT2D eigenvalue weighted by Gasteiger charge is -2.38. The Morgan fingerprint density at radius 2 is 1.67 bits per heavy atom. The molecule has 1 amide bonds. The highest BCUT2D eigenvalue weighted by Crippen LogP contribution is 2.49. The summed E-state index contributed by atoms with van der Waals surface area (Å²) in [6.45, 7) is 3.81. The number of aromatic nitrogens is 2. The molecule has 46 heavy (non-hydrogen) atoms. The van der Waals surface area contributed by atoms with Crippen LogP contribution in [0.25, 0.3) is 5.69 Å². The summed E-state index contributed by atoms with van der Waals surface area (Å²) in [5.41, 5.74) is 0.179. The van der Waals surface area contributed by atoms with Gasteiger partial charge in [-0.25, -0.2) is 9.48 Å². The summed E-state index contributed by atoms with van der Waals surface area (Å²) >= 11 is 0. The zero-order valence-corrected chi connectivity index (χ0v) is 24.9. The van der Waals surface area contributed by atoms with Gasteiger partial charge in [-0.2, -0.15) is 18.3 Å². The van der Waals surface area contributed by atoms with Crippen LogP contribution in [0.4, 0.5) is 27.6 Å². The molecule has 6 rings (SSSR count). The van der Waals surface area contributed by atoms with Crippen LogP contribution in [0.15, 0.2) is 66.7 Å². The lowest BCUT2D eigenvalue weighted by molar-refractivity contribution is -0.286. The van der Waals surface area contributed by atoms with Crippen molar-refractivity contribution in [2.45, 2.75) is 56.9 Å². The van der Waals surface area contributed by atoms with Gasteiger partial charge in [-0.05, 0) is 72.7 Å². The number of anilines is 1. The highest BCUT2D eigenvalue weighted by atomic mass is 19.4. The Bertz CT molecular complexity index is 1850. The van der Waals surface area contributed by atoms with Gasteiger partial charge in [0.05, 0.1) is 16.9 Å². The second-order valence-corrected chi connectivity index (χ2v) is 11.9. The Hall–Kier alpha value is -4.94. The fraction of sp³-hybridized carbons (Fsp3) is 0.303. The number of amides is 1. The first kappa shape index (κ1) is 31.1. The van der Waals surface area contributed by atoms with Crippen LogP contribution in [-0.2, 0) is 18.0 Å². The van der Waals surface area contributed by atoms with Gasteiger partial charge in [0.15, 0.2) is 17.2 Å². The van der Waals surface area contributed by atoms with E-state index in [0.717, 1.165) is 5.56 Å². The average Bonchev–Trinajstić information content (AvgIpc) is 3.56. The number of carbonyl (C=O) groups is 2. The molecule has 4 aromatic rings. The third kappa shape index (κ3) is 5.43. The van der Waals surface area contributed by atoms with Crippen LogP contribution in [0.2, 0.25) is 0 Å². The summed E-state index contributed by atoms with van der Waals surface area (Å²) in [5, 5.41) is 13.4. The summed E-state index contributed by atoms with van der Waals surface area (Å²) in [7, 11) is 1.43. The number of aromatic carboxylic acids is 1. The molecule has 0 fully saturated rings. The first-order valence-corrected chi connectivity index (χ1v) is 14.4. The molecule has 13 heteroatoms. The van der Waals surface area contributed by atoms with Crippen molar-refractivity contribution in [3.63, 3.8) is 0 Å². The quantitative estimate of drug-likeness (QED) is 0.218. The van der Waals surface area contributed by atoms with E-state index in [9.17, 15) is 36.6 Å². The Morgan fingerprint density at radius 3 is 2.35 bits per heavy atom. The van der Waals surface area contributed by atoms with E-state index in [-0.39, 0.29) is 46.0 Å². The highest BCUT2D eigenvalue weighted by molar-refractivity contribution is 6.06. The molecule has 1 aliphatic heterocycles. The van der Waals surface area contributed by atoms with Gasteiger partial charge < -0.3 is 19.5 Å². The minimum atomic E-state index is -4.73. The molecule has 8 nitrogen and oxygen atoms in total. The number of nitrogens with zero attached hydrogens (tertiary/aromatic N) is 3. The number of carbonyl (C=O) groups excluding carboxylic acids is 1. The maximum atomic E-state index is 14.4. The molecule has 2 aliphatic rings. The minimum Gasteiger partial charge on any atom is -0.478 e. The first-order chi connectivity index (χ1) is 21.6. The second kappa shape index (κ2) is 10.8. The standard InChI is InChI=1S/C33H28F5N3O5/c1-31(2,20-12-10-18(11-13-20)30(43)44)24-9-5-8-23-27(24)41(39-28(23)32(34,35)36)22-7-4-6-19(16-22)29(42)40(3)21-14-15-25-26(17-21)46-33(37,38)45-25/h4,6-7,10-17,24H,5,8-9H2,1-3H3,(H,43,44). The lowest BCUT2D eigenvalue weighted by Crippen LogP contribution is -2.32. The SMILES string of the molecule is CN(C(=O)c1cccc(-n2nc(C(F)(F)F)c3c2C(C(C)(C)c2ccc(C(=O)O)cc2)CCC3)c1)c1ccc2c(c1)OC(F)(F)O2. The number of hydrogen-bond acceptors (Lipinski definition) is 5. The van der Waals surface area contributed by atoms with Crippen LogP contribution in [0.5, 0.6) is 11.5 Å². The van der Waals surface area contributed by atoms with Gasteiger partial charge in [0.2, 0.25) is 0 Å². The zero-order valence-electron chi connectivity index (χ0n) is 24.9. The van der Waals surface area contributed by atoms with E-state index in [0.29, 0.717) is 18.5 Å². The van der Waals surface area contributed by atoms with Crippen molar-refractivity contribution in [2.75, 3.05) is 11.9 Å². The molecule has 1 aliphatic carbocycles. The molecular formula is C33H28F5N3O5. The second-order valence-electron chi connectivity index (χ2n) is 11.9. The van der Waals surface area contributed by atoms with Crippen LogP contribution in [0.3, 0.4) is 0 Å². The average molecular weight is 642 g/mol. The monoisotopic (exact) mass is 641 g/mol. The van der Waals surface area contributed by atoms with E-state index in [1.165, 1.54) is 65.2 Å². The Morgan fingerprint density at radius 1 is 0.978 bits per heavy atom. The van der Waals surface area contributed by atoms with Crippen LogP contribution >= 0.6 is 0 Å². The van der Waals surface area contributed by atoms with Gasteiger partial charge in [0.25, 0.3) is 5.91 Å². The lowest BCUT2D eigenvalue weighted by atomic mass is 9.67. The largest absolute Gasteiger partial charge is 0.586 e. The van der Waals surface area contributed by atoms with Crippen molar-refractivity contribution in [3.8, 4) is 17.2 Å². The molecule has 1 aromatic heterocycles.